The number of esters is 2. The molecule has 1 saturated heterocycles. The molecule has 1 aliphatic heterocycles. The van der Waals surface area contributed by atoms with E-state index >= 15 is 0 Å². The van der Waals surface area contributed by atoms with E-state index in [2.05, 4.69) is 4.74 Å². The van der Waals surface area contributed by atoms with Crippen LogP contribution in [0.15, 0.2) is 0 Å². The molecular weight excluding hydrogens is 302 g/mol. The van der Waals surface area contributed by atoms with Crippen LogP contribution in [0.3, 0.4) is 0 Å². The van der Waals surface area contributed by atoms with Crippen molar-refractivity contribution in [2.45, 2.75) is 30.3 Å². The number of halogens is 2. The summed E-state index contributed by atoms with van der Waals surface area (Å²) in [6.45, 7) is 0. The summed E-state index contributed by atoms with van der Waals surface area (Å²) in [4.78, 5) is 22.6. The fourth-order valence-corrected chi connectivity index (χ4v) is 3.61. The van der Waals surface area contributed by atoms with E-state index in [1.54, 1.807) is 0 Å². The van der Waals surface area contributed by atoms with Gasteiger partial charge in [-0.1, -0.05) is 0 Å². The van der Waals surface area contributed by atoms with Crippen LogP contribution in [0.2, 0.25) is 0 Å². The molecule has 0 spiro atoms. The zero-order valence-electron chi connectivity index (χ0n) is 9.82. The van der Waals surface area contributed by atoms with Crippen molar-refractivity contribution in [2.24, 2.45) is 17.8 Å². The van der Waals surface area contributed by atoms with E-state index in [-0.39, 0.29) is 17.8 Å². The number of carbonyl (C=O) groups excluding carboxylic acids is 2. The minimum Gasteiger partial charge on any atom is -0.743 e. The normalized spacial score (nSPS) is 39.0. The summed E-state index contributed by atoms with van der Waals surface area (Å²) in [5, 5.41) is -5.14. The summed E-state index contributed by atoms with van der Waals surface area (Å²) >= 11 is 0. The lowest BCUT2D eigenvalue weighted by molar-refractivity contribution is -0.176. The Hall–Kier alpha value is -1.29. The minimum absolute atomic E-state index is 0.192. The number of rotatable bonds is 3. The molecule has 0 radical (unpaired) electrons. The smallest absolute Gasteiger partial charge is 0.428 e. The molecule has 3 rings (SSSR count). The van der Waals surface area contributed by atoms with E-state index in [9.17, 15) is 31.3 Å². The predicted molar refractivity (Wildman–Crippen MR) is 54.1 cm³/mol. The number of ether oxygens (including phenoxy) is 2. The summed E-state index contributed by atoms with van der Waals surface area (Å²) in [6.07, 6.45) is -1.08. The molecule has 0 amide bonds. The van der Waals surface area contributed by atoms with Crippen molar-refractivity contribution in [1.29, 1.82) is 0 Å². The third-order valence-corrected chi connectivity index (χ3v) is 5.00. The summed E-state index contributed by atoms with van der Waals surface area (Å²) < 4.78 is 66.6. The van der Waals surface area contributed by atoms with E-state index in [0.717, 1.165) is 0 Å². The molecule has 10 heteroatoms. The quantitative estimate of drug-likeness (QED) is 0.516. The highest BCUT2D eigenvalue weighted by Crippen LogP contribution is 2.55. The topological polar surface area (TPSA) is 110 Å². The van der Waals surface area contributed by atoms with Gasteiger partial charge in [-0.05, 0) is 12.8 Å². The molecule has 20 heavy (non-hydrogen) atoms. The Labute approximate surface area is 112 Å². The van der Waals surface area contributed by atoms with Crippen molar-refractivity contribution in [3.8, 4) is 0 Å². The fourth-order valence-electron chi connectivity index (χ4n) is 3.36. The lowest BCUT2D eigenvalue weighted by Gasteiger charge is -2.27. The van der Waals surface area contributed by atoms with Crippen LogP contribution >= 0.6 is 0 Å². The first-order chi connectivity index (χ1) is 9.13. The molecule has 2 aliphatic carbocycles. The van der Waals surface area contributed by atoms with Crippen LogP contribution in [0.25, 0.3) is 0 Å². The molecular formula is C10H9F2O7S-. The van der Waals surface area contributed by atoms with Crippen LogP contribution in [0.4, 0.5) is 8.78 Å². The third kappa shape index (κ3) is 1.67. The number of hydrogen-bond donors (Lipinski definition) is 0. The molecule has 112 valence electrons. The monoisotopic (exact) mass is 311 g/mol. The number of alkyl halides is 2. The molecule has 7 nitrogen and oxygen atoms in total. The summed E-state index contributed by atoms with van der Waals surface area (Å²) in [5.74, 6) is -3.68. The van der Waals surface area contributed by atoms with Crippen LogP contribution in [0, 0.1) is 17.8 Å². The summed E-state index contributed by atoms with van der Waals surface area (Å²) in [6, 6.07) is 0. The van der Waals surface area contributed by atoms with Crippen LogP contribution in [0.1, 0.15) is 12.8 Å². The maximum atomic E-state index is 13.1. The summed E-state index contributed by atoms with van der Waals surface area (Å²) in [5.41, 5.74) is 0. The van der Waals surface area contributed by atoms with Gasteiger partial charge in [0.2, 0.25) is 0 Å². The predicted octanol–water partition coefficient (Wildman–Crippen LogP) is -0.382. The van der Waals surface area contributed by atoms with Gasteiger partial charge in [0, 0.05) is 11.8 Å². The van der Waals surface area contributed by atoms with Crippen LogP contribution < -0.4 is 0 Å². The van der Waals surface area contributed by atoms with Gasteiger partial charge in [0.05, 0.1) is 5.92 Å². The Kier molecular flexibility index (Phi) is 2.65. The van der Waals surface area contributed by atoms with Gasteiger partial charge < -0.3 is 14.0 Å². The lowest BCUT2D eigenvalue weighted by atomic mass is 9.88. The molecule has 3 aliphatic rings. The standard InChI is InChI=1S/C10H10F2O7S/c11-10(12,20(15,16)17)9(14)19-6-3-1-4-5(2-3)8(13)18-7(4)6/h3-7H,1-2H2,(H,15,16,17)/p-1. The van der Waals surface area contributed by atoms with Gasteiger partial charge in [-0.2, -0.15) is 8.78 Å². The van der Waals surface area contributed by atoms with Crippen LogP contribution in [-0.2, 0) is 29.2 Å². The van der Waals surface area contributed by atoms with Crippen molar-refractivity contribution < 1.29 is 40.8 Å². The average Bonchev–Trinajstić information content (AvgIpc) is 2.91. The van der Waals surface area contributed by atoms with Gasteiger partial charge in [-0.3, -0.25) is 4.79 Å². The van der Waals surface area contributed by atoms with E-state index in [1.807, 2.05) is 0 Å². The second kappa shape index (κ2) is 3.88. The number of fused-ring (bicyclic) bond motifs is 1. The minimum atomic E-state index is -6.15. The first-order valence-electron chi connectivity index (χ1n) is 5.87. The zero-order chi connectivity index (χ0) is 14.9. The number of hydrogen-bond acceptors (Lipinski definition) is 7. The van der Waals surface area contributed by atoms with Gasteiger partial charge >= 0.3 is 17.2 Å². The highest BCUT2D eigenvalue weighted by molar-refractivity contribution is 7.87. The van der Waals surface area contributed by atoms with Crippen molar-refractivity contribution in [3.63, 3.8) is 0 Å². The van der Waals surface area contributed by atoms with E-state index in [4.69, 9.17) is 4.74 Å². The zero-order valence-corrected chi connectivity index (χ0v) is 10.6. The van der Waals surface area contributed by atoms with Crippen molar-refractivity contribution >= 4 is 22.1 Å². The van der Waals surface area contributed by atoms with Crippen LogP contribution in [-0.4, -0.2) is 42.4 Å². The SMILES string of the molecule is O=C1OC2C3CC(CC13)C2OC(=O)C(F)(F)S(=O)(=O)[O-]. The maximum absolute atomic E-state index is 13.1. The van der Waals surface area contributed by atoms with Crippen molar-refractivity contribution in [1.82, 2.24) is 0 Å². The molecule has 3 fully saturated rings. The molecule has 0 aromatic heterocycles. The largest absolute Gasteiger partial charge is 0.743 e. The Morgan fingerprint density at radius 2 is 2.05 bits per heavy atom. The third-order valence-electron chi connectivity index (χ3n) is 4.21. The first-order valence-corrected chi connectivity index (χ1v) is 7.28. The van der Waals surface area contributed by atoms with Gasteiger partial charge in [0.1, 0.15) is 12.2 Å². The Morgan fingerprint density at radius 1 is 1.40 bits per heavy atom. The molecule has 2 bridgehead atoms. The van der Waals surface area contributed by atoms with Crippen molar-refractivity contribution in [2.75, 3.05) is 0 Å². The molecule has 0 aromatic carbocycles. The van der Waals surface area contributed by atoms with Crippen molar-refractivity contribution in [3.05, 3.63) is 0 Å². The second-order valence-corrected chi connectivity index (χ2v) is 6.67. The number of carbonyl (C=O) groups is 2. The first kappa shape index (κ1) is 13.7. The average molecular weight is 311 g/mol. The summed E-state index contributed by atoms with van der Waals surface area (Å²) in [7, 11) is -6.15. The molecule has 0 N–H and O–H groups in total. The highest BCUT2D eigenvalue weighted by atomic mass is 32.2. The Morgan fingerprint density at radius 3 is 2.65 bits per heavy atom. The van der Waals surface area contributed by atoms with Gasteiger partial charge in [0.15, 0.2) is 10.1 Å². The van der Waals surface area contributed by atoms with Crippen LogP contribution in [0.5, 0.6) is 0 Å². The Bertz CT molecular complexity index is 586. The molecule has 2 saturated carbocycles. The van der Waals surface area contributed by atoms with Gasteiger partial charge in [-0.25, -0.2) is 13.2 Å². The molecule has 1 heterocycles. The van der Waals surface area contributed by atoms with E-state index in [1.165, 1.54) is 0 Å². The Balaban J connectivity index is 1.77. The second-order valence-electron chi connectivity index (χ2n) is 5.24. The fraction of sp³-hybridized carbons (Fsp3) is 0.800. The van der Waals surface area contributed by atoms with E-state index in [0.29, 0.717) is 12.8 Å². The highest BCUT2D eigenvalue weighted by Gasteiger charge is 2.64. The van der Waals surface area contributed by atoms with E-state index < -0.39 is 39.5 Å². The molecule has 5 atom stereocenters. The van der Waals surface area contributed by atoms with Gasteiger partial charge in [-0.15, -0.1) is 0 Å². The maximum Gasteiger partial charge on any atom is 0.428 e. The molecule has 5 unspecified atom stereocenters. The molecule has 0 aromatic rings. The lowest BCUT2D eigenvalue weighted by Crippen LogP contribution is -2.44. The van der Waals surface area contributed by atoms with Gasteiger partial charge in [0.25, 0.3) is 0 Å².